The zero-order valence-corrected chi connectivity index (χ0v) is 5.00. The summed E-state index contributed by atoms with van der Waals surface area (Å²) < 4.78 is 0. The minimum Gasteiger partial charge on any atom is -0.481 e. The Hall–Kier alpha value is -0.570. The zero-order valence-electron chi connectivity index (χ0n) is 5.00. The summed E-state index contributed by atoms with van der Waals surface area (Å²) in [4.78, 5) is 10.4. The second-order valence-corrected chi connectivity index (χ2v) is 2.82. The van der Waals surface area contributed by atoms with E-state index in [9.17, 15) is 4.79 Å². The average molecular weight is 127 g/mol. The first kappa shape index (κ1) is 5.23. The van der Waals surface area contributed by atoms with Gasteiger partial charge in [0.25, 0.3) is 0 Å². The topological polar surface area (TPSA) is 49.3 Å². The molecular formula is C6H9NO2. The molecule has 2 N–H and O–H groups in total. The highest BCUT2D eigenvalue weighted by molar-refractivity contribution is 5.74. The molecule has 50 valence electrons. The molecule has 1 aliphatic carbocycles. The van der Waals surface area contributed by atoms with Gasteiger partial charge in [0, 0.05) is 12.1 Å². The molecule has 2 saturated heterocycles. The molecule has 3 atom stereocenters. The lowest BCUT2D eigenvalue weighted by Gasteiger charge is -2.33. The van der Waals surface area contributed by atoms with Crippen molar-refractivity contribution in [2.24, 2.45) is 5.92 Å². The first-order valence-corrected chi connectivity index (χ1v) is 3.28. The van der Waals surface area contributed by atoms with Gasteiger partial charge in [-0.2, -0.15) is 0 Å². The Bertz CT molecular complexity index is 143. The summed E-state index contributed by atoms with van der Waals surface area (Å²) in [5.74, 6) is -0.689. The van der Waals surface area contributed by atoms with Crippen LogP contribution in [0.4, 0.5) is 0 Å². The Morgan fingerprint density at radius 1 is 1.44 bits per heavy atom. The van der Waals surface area contributed by atoms with E-state index in [1.54, 1.807) is 0 Å². The maximum absolute atomic E-state index is 10.4. The van der Waals surface area contributed by atoms with Crippen LogP contribution in [-0.4, -0.2) is 23.2 Å². The molecule has 0 aromatic carbocycles. The van der Waals surface area contributed by atoms with Crippen LogP contribution in [-0.2, 0) is 4.79 Å². The van der Waals surface area contributed by atoms with E-state index in [0.29, 0.717) is 12.1 Å². The highest BCUT2D eigenvalue weighted by atomic mass is 16.4. The van der Waals surface area contributed by atoms with Gasteiger partial charge in [-0.15, -0.1) is 0 Å². The summed E-state index contributed by atoms with van der Waals surface area (Å²) >= 11 is 0. The van der Waals surface area contributed by atoms with Crippen LogP contribution in [0.5, 0.6) is 0 Å². The van der Waals surface area contributed by atoms with Crippen LogP contribution in [0, 0.1) is 5.92 Å². The predicted molar refractivity (Wildman–Crippen MR) is 31.1 cm³/mol. The van der Waals surface area contributed by atoms with Crippen LogP contribution in [0.1, 0.15) is 12.8 Å². The second-order valence-electron chi connectivity index (χ2n) is 2.82. The van der Waals surface area contributed by atoms with Crippen LogP contribution in [0.15, 0.2) is 0 Å². The summed E-state index contributed by atoms with van der Waals surface area (Å²) in [6, 6.07) is 0.597. The van der Waals surface area contributed by atoms with Gasteiger partial charge in [0.05, 0.1) is 5.92 Å². The number of aliphatic carboxylic acids is 1. The molecule has 9 heavy (non-hydrogen) atoms. The Kier molecular flexibility index (Phi) is 0.858. The second kappa shape index (κ2) is 1.48. The van der Waals surface area contributed by atoms with E-state index in [2.05, 4.69) is 5.32 Å². The molecule has 0 radical (unpaired) electrons. The third-order valence-corrected chi connectivity index (χ3v) is 2.37. The maximum Gasteiger partial charge on any atom is 0.309 e. The van der Waals surface area contributed by atoms with E-state index in [1.807, 2.05) is 0 Å². The SMILES string of the molecule is O=C(O)C1[C@@H]2CC[C@H]1N2. The molecule has 1 unspecified atom stereocenters. The normalized spacial score (nSPS) is 46.4. The number of carboxylic acids is 1. The summed E-state index contributed by atoms with van der Waals surface area (Å²) in [5, 5.41) is 11.7. The minimum atomic E-state index is -0.624. The number of hydrogen-bond donors (Lipinski definition) is 2. The first-order valence-electron chi connectivity index (χ1n) is 3.28. The van der Waals surface area contributed by atoms with Crippen molar-refractivity contribution >= 4 is 5.97 Å². The van der Waals surface area contributed by atoms with E-state index >= 15 is 0 Å². The zero-order chi connectivity index (χ0) is 6.43. The van der Waals surface area contributed by atoms with E-state index in [1.165, 1.54) is 0 Å². The summed E-state index contributed by atoms with van der Waals surface area (Å²) in [6.45, 7) is 0. The van der Waals surface area contributed by atoms with E-state index in [0.717, 1.165) is 12.8 Å². The van der Waals surface area contributed by atoms with Crippen molar-refractivity contribution in [3.63, 3.8) is 0 Å². The highest BCUT2D eigenvalue weighted by Gasteiger charge is 2.50. The lowest BCUT2D eigenvalue weighted by atomic mass is 9.92. The van der Waals surface area contributed by atoms with Crippen molar-refractivity contribution in [1.82, 2.24) is 5.32 Å². The minimum absolute atomic E-state index is 0.0648. The summed E-state index contributed by atoms with van der Waals surface area (Å²) in [6.07, 6.45) is 2.11. The van der Waals surface area contributed by atoms with Gasteiger partial charge < -0.3 is 10.4 Å². The molecule has 1 saturated carbocycles. The van der Waals surface area contributed by atoms with Crippen LogP contribution >= 0.6 is 0 Å². The van der Waals surface area contributed by atoms with Crippen LogP contribution < -0.4 is 5.32 Å². The summed E-state index contributed by atoms with van der Waals surface area (Å²) in [5.41, 5.74) is 0. The van der Waals surface area contributed by atoms with Gasteiger partial charge in [0.15, 0.2) is 0 Å². The van der Waals surface area contributed by atoms with E-state index in [4.69, 9.17) is 5.11 Å². The molecule has 2 bridgehead atoms. The molecule has 0 spiro atoms. The molecule has 2 heterocycles. The van der Waals surface area contributed by atoms with Gasteiger partial charge in [-0.1, -0.05) is 0 Å². The van der Waals surface area contributed by atoms with Crippen molar-refractivity contribution in [3.8, 4) is 0 Å². The van der Waals surface area contributed by atoms with Crippen molar-refractivity contribution in [3.05, 3.63) is 0 Å². The van der Waals surface area contributed by atoms with Gasteiger partial charge in [0.2, 0.25) is 0 Å². The van der Waals surface area contributed by atoms with Gasteiger partial charge in [0.1, 0.15) is 0 Å². The van der Waals surface area contributed by atoms with Gasteiger partial charge in [-0.05, 0) is 12.8 Å². The molecule has 3 nitrogen and oxygen atoms in total. The molecule has 3 rings (SSSR count). The largest absolute Gasteiger partial charge is 0.481 e. The predicted octanol–water partition coefficient (Wildman–Crippen LogP) is -0.179. The molecule has 0 aromatic rings. The van der Waals surface area contributed by atoms with Gasteiger partial charge >= 0.3 is 5.97 Å². The first-order chi connectivity index (χ1) is 4.29. The van der Waals surface area contributed by atoms with Crippen molar-refractivity contribution in [2.75, 3.05) is 0 Å². The van der Waals surface area contributed by atoms with Crippen LogP contribution in [0.3, 0.4) is 0 Å². The lowest BCUT2D eigenvalue weighted by molar-refractivity contribution is -0.145. The molecule has 0 aromatic heterocycles. The highest BCUT2D eigenvalue weighted by Crippen LogP contribution is 2.35. The Labute approximate surface area is 53.1 Å². The monoisotopic (exact) mass is 127 g/mol. The average Bonchev–Trinajstić information content (AvgIpc) is 2.13. The number of carboxylic acid groups (broad SMARTS) is 1. The molecule has 2 aliphatic heterocycles. The molecular weight excluding hydrogens is 118 g/mol. The fraction of sp³-hybridized carbons (Fsp3) is 0.833. The van der Waals surface area contributed by atoms with Crippen molar-refractivity contribution in [2.45, 2.75) is 24.9 Å². The molecule has 3 fully saturated rings. The summed E-state index contributed by atoms with van der Waals surface area (Å²) in [7, 11) is 0. The number of nitrogens with one attached hydrogen (secondary N) is 1. The number of hydrogen-bond acceptors (Lipinski definition) is 2. The standard InChI is InChI=1S/C6H9NO2/c8-6(9)5-3-1-2-4(5)7-3/h3-5,7H,1-2H2,(H,8,9)/t3-,4+,5?. The quantitative estimate of drug-likeness (QED) is 0.513. The Morgan fingerprint density at radius 2 is 2.00 bits per heavy atom. The fourth-order valence-electron chi connectivity index (χ4n) is 1.87. The van der Waals surface area contributed by atoms with Gasteiger partial charge in [-0.25, -0.2) is 0 Å². The van der Waals surface area contributed by atoms with Gasteiger partial charge in [-0.3, -0.25) is 4.79 Å². The smallest absolute Gasteiger partial charge is 0.309 e. The van der Waals surface area contributed by atoms with Crippen molar-refractivity contribution in [1.29, 1.82) is 0 Å². The Balaban J connectivity index is 2.10. The lowest BCUT2D eigenvalue weighted by Crippen LogP contribution is -2.57. The number of carbonyl (C=O) groups is 1. The number of fused-ring (bicyclic) bond motifs is 1. The number of rotatable bonds is 1. The third-order valence-electron chi connectivity index (χ3n) is 2.37. The van der Waals surface area contributed by atoms with E-state index < -0.39 is 5.97 Å². The Morgan fingerprint density at radius 3 is 2.22 bits per heavy atom. The molecule has 3 heteroatoms. The van der Waals surface area contributed by atoms with E-state index in [-0.39, 0.29) is 5.92 Å². The molecule has 0 amide bonds. The van der Waals surface area contributed by atoms with Crippen LogP contribution in [0.2, 0.25) is 0 Å². The fourth-order valence-corrected chi connectivity index (χ4v) is 1.87. The molecule has 3 aliphatic rings. The maximum atomic E-state index is 10.4. The van der Waals surface area contributed by atoms with Crippen LogP contribution in [0.25, 0.3) is 0 Å². The third kappa shape index (κ3) is 0.525. The van der Waals surface area contributed by atoms with Crippen molar-refractivity contribution < 1.29 is 9.90 Å².